The van der Waals surface area contributed by atoms with Crippen LogP contribution in [0.5, 0.6) is 0 Å². The lowest BCUT2D eigenvalue weighted by Gasteiger charge is -2.23. The molecule has 1 unspecified atom stereocenters. The molecule has 2 nitrogen and oxygen atoms in total. The van der Waals surface area contributed by atoms with Crippen LogP contribution in [0.25, 0.3) is 0 Å². The van der Waals surface area contributed by atoms with Crippen LogP contribution in [0.4, 0.5) is 4.39 Å². The molecule has 1 aromatic rings. The van der Waals surface area contributed by atoms with Crippen LogP contribution in [0.1, 0.15) is 29.6 Å². The Balaban J connectivity index is 1.73. The smallest absolute Gasteiger partial charge is 0.162 e. The first-order valence-electron chi connectivity index (χ1n) is 6.73. The van der Waals surface area contributed by atoms with Gasteiger partial charge in [0.05, 0.1) is 0 Å². The minimum Gasteiger partial charge on any atom is -0.303 e. The highest BCUT2D eigenvalue weighted by atomic mass is 32.2. The highest BCUT2D eigenvalue weighted by Crippen LogP contribution is 2.21. The number of carbonyl (C=O) groups excluding carboxylic acids is 1. The molecular formula is C15H20FNOS. The molecule has 1 aliphatic rings. The van der Waals surface area contributed by atoms with E-state index >= 15 is 0 Å². The van der Waals surface area contributed by atoms with Gasteiger partial charge in [0.1, 0.15) is 5.82 Å². The Morgan fingerprint density at radius 2 is 2.16 bits per heavy atom. The van der Waals surface area contributed by atoms with Crippen molar-refractivity contribution in [3.63, 3.8) is 0 Å². The van der Waals surface area contributed by atoms with Crippen LogP contribution in [0.2, 0.25) is 0 Å². The van der Waals surface area contributed by atoms with Crippen molar-refractivity contribution in [1.29, 1.82) is 0 Å². The zero-order chi connectivity index (χ0) is 13.7. The predicted octanol–water partition coefficient (Wildman–Crippen LogP) is 3.23. The highest BCUT2D eigenvalue weighted by molar-refractivity contribution is 7.99. The van der Waals surface area contributed by atoms with E-state index in [2.05, 4.69) is 11.9 Å². The van der Waals surface area contributed by atoms with E-state index in [-0.39, 0.29) is 11.6 Å². The maximum atomic E-state index is 12.8. The van der Waals surface area contributed by atoms with Crippen LogP contribution in [-0.2, 0) is 0 Å². The number of ketones is 1. The van der Waals surface area contributed by atoms with Crippen molar-refractivity contribution in [2.45, 2.75) is 25.3 Å². The molecule has 1 fully saturated rings. The quantitative estimate of drug-likeness (QED) is 0.747. The molecule has 2 rings (SSSR count). The third kappa shape index (κ3) is 4.32. The molecule has 0 saturated carbocycles. The number of rotatable bonds is 6. The molecule has 0 amide bonds. The summed E-state index contributed by atoms with van der Waals surface area (Å²) in [7, 11) is 2.14. The summed E-state index contributed by atoms with van der Waals surface area (Å²) in [5, 5.41) is 0. The lowest BCUT2D eigenvalue weighted by Crippen LogP contribution is -2.32. The molecule has 1 saturated heterocycles. The molecule has 0 spiro atoms. The van der Waals surface area contributed by atoms with Crippen LogP contribution in [0.3, 0.4) is 0 Å². The van der Waals surface area contributed by atoms with Gasteiger partial charge in [-0.15, -0.1) is 0 Å². The summed E-state index contributed by atoms with van der Waals surface area (Å²) in [6, 6.07) is 6.49. The molecule has 104 valence electrons. The third-order valence-electron chi connectivity index (χ3n) is 3.61. The number of nitrogens with zero attached hydrogens (tertiary/aromatic N) is 1. The van der Waals surface area contributed by atoms with Gasteiger partial charge < -0.3 is 4.90 Å². The van der Waals surface area contributed by atoms with Gasteiger partial charge in [0, 0.05) is 23.8 Å². The summed E-state index contributed by atoms with van der Waals surface area (Å²) >= 11 is 2.00. The van der Waals surface area contributed by atoms with E-state index in [1.807, 2.05) is 11.8 Å². The first kappa shape index (κ1) is 14.5. The SMILES string of the molecule is CN(CCCC(=O)c1ccc(F)cc1)C1CCSC1. The summed E-state index contributed by atoms with van der Waals surface area (Å²) in [6.07, 6.45) is 2.66. The van der Waals surface area contributed by atoms with E-state index in [1.165, 1.54) is 30.1 Å². The molecule has 4 heteroatoms. The number of Topliss-reactive ketones (excluding diaryl/α,β-unsaturated/α-hetero) is 1. The number of hydrogen-bond donors (Lipinski definition) is 0. The maximum Gasteiger partial charge on any atom is 0.162 e. The molecule has 1 aliphatic heterocycles. The molecule has 1 heterocycles. The van der Waals surface area contributed by atoms with Crippen LogP contribution in [-0.4, -0.2) is 41.8 Å². The van der Waals surface area contributed by atoms with E-state index in [0.717, 1.165) is 13.0 Å². The Kier molecular flexibility index (Phi) is 5.40. The summed E-state index contributed by atoms with van der Waals surface area (Å²) in [6.45, 7) is 0.957. The van der Waals surface area contributed by atoms with E-state index in [1.54, 1.807) is 12.1 Å². The average molecular weight is 281 g/mol. The fraction of sp³-hybridized carbons (Fsp3) is 0.533. The zero-order valence-electron chi connectivity index (χ0n) is 11.3. The summed E-state index contributed by atoms with van der Waals surface area (Å²) in [4.78, 5) is 14.3. The average Bonchev–Trinajstić information content (AvgIpc) is 2.93. The molecule has 0 N–H and O–H groups in total. The van der Waals surface area contributed by atoms with Gasteiger partial charge in [0.25, 0.3) is 0 Å². The lowest BCUT2D eigenvalue weighted by molar-refractivity contribution is 0.0974. The first-order valence-corrected chi connectivity index (χ1v) is 7.89. The van der Waals surface area contributed by atoms with Crippen molar-refractivity contribution in [3.05, 3.63) is 35.6 Å². The first-order chi connectivity index (χ1) is 9.16. The molecule has 1 atom stereocenters. The van der Waals surface area contributed by atoms with Gasteiger partial charge >= 0.3 is 0 Å². The topological polar surface area (TPSA) is 20.3 Å². The monoisotopic (exact) mass is 281 g/mol. The highest BCUT2D eigenvalue weighted by Gasteiger charge is 2.19. The van der Waals surface area contributed by atoms with Crippen LogP contribution >= 0.6 is 11.8 Å². The summed E-state index contributed by atoms with van der Waals surface area (Å²) < 4.78 is 12.8. The van der Waals surface area contributed by atoms with Crippen LogP contribution in [0, 0.1) is 5.82 Å². The fourth-order valence-corrected chi connectivity index (χ4v) is 3.62. The van der Waals surface area contributed by atoms with Gasteiger partial charge in [-0.2, -0.15) is 11.8 Å². The molecular weight excluding hydrogens is 261 g/mol. The van der Waals surface area contributed by atoms with Crippen LogP contribution < -0.4 is 0 Å². The van der Waals surface area contributed by atoms with Gasteiger partial charge in [0.2, 0.25) is 0 Å². The van der Waals surface area contributed by atoms with Crippen molar-refractivity contribution < 1.29 is 9.18 Å². The second-order valence-corrected chi connectivity index (χ2v) is 6.18. The number of halogens is 1. The van der Waals surface area contributed by atoms with Gasteiger partial charge in [-0.25, -0.2) is 4.39 Å². The van der Waals surface area contributed by atoms with E-state index in [9.17, 15) is 9.18 Å². The van der Waals surface area contributed by atoms with Crippen molar-refractivity contribution in [2.24, 2.45) is 0 Å². The number of thioether (sulfide) groups is 1. The third-order valence-corrected chi connectivity index (χ3v) is 4.75. The van der Waals surface area contributed by atoms with E-state index < -0.39 is 0 Å². The van der Waals surface area contributed by atoms with Gasteiger partial charge in [-0.05, 0) is 56.5 Å². The second-order valence-electron chi connectivity index (χ2n) is 5.03. The van der Waals surface area contributed by atoms with Gasteiger partial charge in [0.15, 0.2) is 5.78 Å². The fourth-order valence-electron chi connectivity index (χ4n) is 2.32. The number of carbonyl (C=O) groups is 1. The molecule has 19 heavy (non-hydrogen) atoms. The molecule has 0 aliphatic carbocycles. The van der Waals surface area contributed by atoms with Crippen molar-refractivity contribution in [1.82, 2.24) is 4.90 Å². The normalized spacial score (nSPS) is 19.0. The molecule has 0 aromatic heterocycles. The maximum absolute atomic E-state index is 12.8. The van der Waals surface area contributed by atoms with Gasteiger partial charge in [-0.1, -0.05) is 0 Å². The Morgan fingerprint density at radius 1 is 1.42 bits per heavy atom. The number of benzene rings is 1. The van der Waals surface area contributed by atoms with Crippen molar-refractivity contribution in [3.8, 4) is 0 Å². The predicted molar refractivity (Wildman–Crippen MR) is 78.3 cm³/mol. The Labute approximate surface area is 118 Å². The van der Waals surface area contributed by atoms with Crippen molar-refractivity contribution >= 4 is 17.5 Å². The molecule has 0 radical (unpaired) electrons. The molecule has 0 bridgehead atoms. The second kappa shape index (κ2) is 7.06. The Hall–Kier alpha value is -0.870. The lowest BCUT2D eigenvalue weighted by atomic mass is 10.1. The van der Waals surface area contributed by atoms with Crippen molar-refractivity contribution in [2.75, 3.05) is 25.1 Å². The summed E-state index contributed by atoms with van der Waals surface area (Å²) in [5.74, 6) is 2.27. The van der Waals surface area contributed by atoms with E-state index in [4.69, 9.17) is 0 Å². The minimum atomic E-state index is -0.296. The molecule has 1 aromatic carbocycles. The Bertz CT molecular complexity index is 415. The zero-order valence-corrected chi connectivity index (χ0v) is 12.1. The standard InChI is InChI=1S/C15H20FNOS/c1-17(14-8-10-19-11-14)9-2-3-15(18)12-4-6-13(16)7-5-12/h4-7,14H,2-3,8-11H2,1H3. The van der Waals surface area contributed by atoms with Crippen LogP contribution in [0.15, 0.2) is 24.3 Å². The summed E-state index contributed by atoms with van der Waals surface area (Å²) in [5.41, 5.74) is 0.612. The van der Waals surface area contributed by atoms with E-state index in [0.29, 0.717) is 18.0 Å². The largest absolute Gasteiger partial charge is 0.303 e. The minimum absolute atomic E-state index is 0.106. The Morgan fingerprint density at radius 3 is 2.79 bits per heavy atom. The number of hydrogen-bond acceptors (Lipinski definition) is 3. The van der Waals surface area contributed by atoms with Gasteiger partial charge in [-0.3, -0.25) is 4.79 Å².